The summed E-state index contributed by atoms with van der Waals surface area (Å²) in [5.41, 5.74) is 0.952. The molecular formula is C19H20N4O5S2. The van der Waals surface area contributed by atoms with E-state index >= 15 is 0 Å². The molecule has 0 unspecified atom stereocenters. The number of anilines is 1. The Labute approximate surface area is 177 Å². The Morgan fingerprint density at radius 2 is 2.17 bits per heavy atom. The van der Waals surface area contributed by atoms with E-state index in [1.165, 1.54) is 21.7 Å². The zero-order valence-electron chi connectivity index (χ0n) is 16.4. The highest BCUT2D eigenvalue weighted by molar-refractivity contribution is 7.89. The topological polar surface area (TPSA) is 115 Å². The van der Waals surface area contributed by atoms with Crippen molar-refractivity contribution in [2.45, 2.75) is 31.7 Å². The molecule has 0 saturated heterocycles. The maximum Gasteiger partial charge on any atom is 0.279 e. The van der Waals surface area contributed by atoms with Gasteiger partial charge in [-0.1, -0.05) is 17.3 Å². The molecule has 4 rings (SSSR count). The number of aryl methyl sites for hydroxylation is 1. The average molecular weight is 449 g/mol. The van der Waals surface area contributed by atoms with Crippen molar-refractivity contribution in [2.75, 3.05) is 18.5 Å². The third kappa shape index (κ3) is 3.95. The molecule has 30 heavy (non-hydrogen) atoms. The molecule has 11 heteroatoms. The highest BCUT2D eigenvalue weighted by atomic mass is 32.2. The predicted octanol–water partition coefficient (Wildman–Crippen LogP) is 2.84. The molecule has 0 saturated carbocycles. The average Bonchev–Trinajstić information content (AvgIpc) is 3.33. The number of ether oxygens (including phenoxy) is 1. The highest BCUT2D eigenvalue weighted by Crippen LogP contribution is 2.33. The Morgan fingerprint density at radius 1 is 1.37 bits per heavy atom. The first-order chi connectivity index (χ1) is 14.4. The minimum absolute atomic E-state index is 0.148. The third-order valence-corrected chi connectivity index (χ3v) is 7.43. The number of hydrogen-bond acceptors (Lipinski definition) is 8. The van der Waals surface area contributed by atoms with Crippen LogP contribution in [0.15, 0.2) is 39.8 Å². The van der Waals surface area contributed by atoms with Gasteiger partial charge in [0.15, 0.2) is 10.8 Å². The number of nitrogens with one attached hydrogen (secondary N) is 1. The van der Waals surface area contributed by atoms with Gasteiger partial charge in [0.25, 0.3) is 5.91 Å². The number of carbonyl (C=O) groups is 1. The monoisotopic (exact) mass is 448 g/mol. The van der Waals surface area contributed by atoms with Gasteiger partial charge in [-0.05, 0) is 26.0 Å². The molecule has 0 bridgehead atoms. The normalized spacial score (nSPS) is 14.3. The summed E-state index contributed by atoms with van der Waals surface area (Å²) in [7, 11) is -3.73. The summed E-state index contributed by atoms with van der Waals surface area (Å²) in [4.78, 5) is 17.6. The summed E-state index contributed by atoms with van der Waals surface area (Å²) in [5.74, 6) is 0.450. The Kier molecular flexibility index (Phi) is 5.58. The number of aromatic nitrogens is 2. The fourth-order valence-electron chi connectivity index (χ4n) is 3.14. The number of amides is 1. The van der Waals surface area contributed by atoms with Crippen molar-refractivity contribution in [3.63, 3.8) is 0 Å². The lowest BCUT2D eigenvalue weighted by molar-refractivity contribution is 0.101. The van der Waals surface area contributed by atoms with Crippen LogP contribution in [0.2, 0.25) is 0 Å². The zero-order chi connectivity index (χ0) is 21.3. The summed E-state index contributed by atoms with van der Waals surface area (Å²) in [6, 6.07) is 8.16. The van der Waals surface area contributed by atoms with E-state index in [9.17, 15) is 13.2 Å². The maximum absolute atomic E-state index is 13.2. The molecule has 1 amide bonds. The van der Waals surface area contributed by atoms with Gasteiger partial charge >= 0.3 is 0 Å². The Balaban J connectivity index is 1.53. The second kappa shape index (κ2) is 8.17. The molecule has 3 heterocycles. The van der Waals surface area contributed by atoms with Crippen LogP contribution in [0.4, 0.5) is 5.13 Å². The number of fused-ring (bicyclic) bond motifs is 1. The molecule has 9 nitrogen and oxygen atoms in total. The van der Waals surface area contributed by atoms with E-state index in [0.29, 0.717) is 36.2 Å². The molecule has 0 atom stereocenters. The zero-order valence-corrected chi connectivity index (χ0v) is 18.0. The number of thiazole rings is 1. The molecule has 0 fully saturated rings. The van der Waals surface area contributed by atoms with Crippen LogP contribution in [-0.2, 0) is 23.0 Å². The summed E-state index contributed by atoms with van der Waals surface area (Å²) in [6.07, 6.45) is 0.459. The first-order valence-electron chi connectivity index (χ1n) is 9.33. The van der Waals surface area contributed by atoms with Crippen LogP contribution in [-0.4, -0.2) is 41.9 Å². The second-order valence-corrected chi connectivity index (χ2v) is 9.62. The smallest absolute Gasteiger partial charge is 0.279 e. The molecule has 3 aromatic rings. The first kappa shape index (κ1) is 20.5. The van der Waals surface area contributed by atoms with E-state index in [0.717, 1.165) is 10.6 Å². The van der Waals surface area contributed by atoms with Crippen LogP contribution >= 0.6 is 11.3 Å². The number of carbonyl (C=O) groups excluding carboxylic acids is 1. The van der Waals surface area contributed by atoms with Gasteiger partial charge in [-0.3, -0.25) is 10.1 Å². The lowest BCUT2D eigenvalue weighted by atomic mass is 10.2. The van der Waals surface area contributed by atoms with E-state index in [2.05, 4.69) is 15.5 Å². The van der Waals surface area contributed by atoms with Crippen LogP contribution < -0.4 is 10.1 Å². The van der Waals surface area contributed by atoms with Crippen LogP contribution in [0, 0.1) is 6.92 Å². The van der Waals surface area contributed by atoms with Gasteiger partial charge in [-0.2, -0.15) is 4.31 Å². The fraction of sp³-hybridized carbons (Fsp3) is 0.316. The molecular weight excluding hydrogens is 428 g/mol. The summed E-state index contributed by atoms with van der Waals surface area (Å²) < 4.78 is 38.2. The van der Waals surface area contributed by atoms with E-state index in [1.807, 2.05) is 6.92 Å². The van der Waals surface area contributed by atoms with Crippen LogP contribution in [0.3, 0.4) is 0 Å². The third-order valence-electron chi connectivity index (χ3n) is 4.54. The van der Waals surface area contributed by atoms with Gasteiger partial charge in [0.05, 0.1) is 18.8 Å². The molecule has 1 N–H and O–H groups in total. The summed E-state index contributed by atoms with van der Waals surface area (Å²) in [6.45, 7) is 4.37. The van der Waals surface area contributed by atoms with Gasteiger partial charge in [0, 0.05) is 23.9 Å². The van der Waals surface area contributed by atoms with Crippen molar-refractivity contribution in [3.05, 3.63) is 52.4 Å². The Morgan fingerprint density at radius 3 is 2.90 bits per heavy atom. The van der Waals surface area contributed by atoms with Crippen molar-refractivity contribution in [1.82, 2.24) is 14.4 Å². The number of hydrogen-bond donors (Lipinski definition) is 1. The number of rotatable bonds is 6. The first-order valence-corrected chi connectivity index (χ1v) is 11.6. The van der Waals surface area contributed by atoms with Crippen LogP contribution in [0.5, 0.6) is 5.75 Å². The van der Waals surface area contributed by atoms with Crippen molar-refractivity contribution < 1.29 is 22.5 Å². The van der Waals surface area contributed by atoms with Gasteiger partial charge in [0.2, 0.25) is 10.0 Å². The van der Waals surface area contributed by atoms with Crippen molar-refractivity contribution in [1.29, 1.82) is 0 Å². The highest BCUT2D eigenvalue weighted by Gasteiger charge is 2.32. The molecule has 0 aliphatic carbocycles. The second-order valence-electron chi connectivity index (χ2n) is 6.63. The maximum atomic E-state index is 13.2. The van der Waals surface area contributed by atoms with Gasteiger partial charge in [-0.25, -0.2) is 13.4 Å². The quantitative estimate of drug-likeness (QED) is 0.617. The standard InChI is InChI=1S/C19H20N4O5S2/c1-3-27-15-6-4-5-7-17(15)30(25,26)23-9-8-13-16(11-23)29-19(20-13)21-18(24)14-10-12(2)28-22-14/h4-7,10H,3,8-9,11H2,1-2H3,(H,20,21,24). The van der Waals surface area contributed by atoms with Crippen LogP contribution in [0.25, 0.3) is 0 Å². The van der Waals surface area contributed by atoms with Crippen molar-refractivity contribution >= 4 is 32.4 Å². The van der Waals surface area contributed by atoms with E-state index in [-0.39, 0.29) is 17.1 Å². The minimum Gasteiger partial charge on any atom is -0.492 e. The number of nitrogens with zero attached hydrogens (tertiary/aromatic N) is 3. The lowest BCUT2D eigenvalue weighted by Crippen LogP contribution is -2.35. The SMILES string of the molecule is CCOc1ccccc1S(=O)(=O)N1CCc2nc(NC(=O)c3cc(C)on3)sc2C1. The Hall–Kier alpha value is -2.76. The van der Waals surface area contributed by atoms with Gasteiger partial charge in [0.1, 0.15) is 16.4 Å². The predicted molar refractivity (Wildman–Crippen MR) is 110 cm³/mol. The van der Waals surface area contributed by atoms with Gasteiger partial charge < -0.3 is 9.26 Å². The number of para-hydroxylation sites is 1. The van der Waals surface area contributed by atoms with Crippen molar-refractivity contribution in [3.8, 4) is 5.75 Å². The molecule has 1 aliphatic heterocycles. The molecule has 0 spiro atoms. The van der Waals surface area contributed by atoms with Crippen LogP contribution in [0.1, 0.15) is 33.7 Å². The summed E-state index contributed by atoms with van der Waals surface area (Å²) >= 11 is 1.26. The molecule has 0 radical (unpaired) electrons. The number of sulfonamides is 1. The molecule has 1 aromatic carbocycles. The van der Waals surface area contributed by atoms with Crippen molar-refractivity contribution in [2.24, 2.45) is 0 Å². The molecule has 1 aliphatic rings. The van der Waals surface area contributed by atoms with E-state index in [4.69, 9.17) is 9.26 Å². The molecule has 2 aromatic heterocycles. The Bertz CT molecular complexity index is 1190. The minimum atomic E-state index is -3.73. The van der Waals surface area contributed by atoms with E-state index in [1.54, 1.807) is 31.2 Å². The summed E-state index contributed by atoms with van der Waals surface area (Å²) in [5, 5.41) is 6.79. The largest absolute Gasteiger partial charge is 0.492 e. The number of benzene rings is 1. The lowest BCUT2D eigenvalue weighted by Gasteiger charge is -2.26. The fourth-order valence-corrected chi connectivity index (χ4v) is 5.78. The van der Waals surface area contributed by atoms with E-state index < -0.39 is 15.9 Å². The van der Waals surface area contributed by atoms with Gasteiger partial charge in [-0.15, -0.1) is 11.3 Å². The molecule has 158 valence electrons.